The summed E-state index contributed by atoms with van der Waals surface area (Å²) >= 11 is 17.7. The lowest BCUT2D eigenvalue weighted by molar-refractivity contribution is -0.940. The van der Waals surface area contributed by atoms with Gasteiger partial charge in [0, 0.05) is 10.6 Å². The van der Waals surface area contributed by atoms with Gasteiger partial charge in [-0.05, 0) is 37.3 Å². The molecule has 0 unspecified atom stereocenters. The maximum absolute atomic E-state index is 6.24. The Bertz CT molecular complexity index is 769. The van der Waals surface area contributed by atoms with E-state index in [4.69, 9.17) is 40.2 Å². The Kier molecular flexibility index (Phi) is 7.33. The van der Waals surface area contributed by atoms with Crippen molar-refractivity contribution < 1.29 is 9.64 Å². The highest BCUT2D eigenvalue weighted by Gasteiger charge is 2.31. The number of rotatable bonds is 5. The van der Waals surface area contributed by atoms with Gasteiger partial charge in [0.1, 0.15) is 19.1 Å². The Morgan fingerprint density at radius 1 is 1.11 bits per heavy atom. The summed E-state index contributed by atoms with van der Waals surface area (Å²) in [6.07, 6.45) is 0. The van der Waals surface area contributed by atoms with Crippen molar-refractivity contribution in [3.05, 3.63) is 64.1 Å². The van der Waals surface area contributed by atoms with Crippen LogP contribution in [0.15, 0.2) is 48.5 Å². The molecule has 0 aliphatic carbocycles. The van der Waals surface area contributed by atoms with Crippen molar-refractivity contribution in [3.8, 4) is 0 Å². The fourth-order valence-electron chi connectivity index (χ4n) is 3.52. The van der Waals surface area contributed by atoms with Crippen LogP contribution in [0.25, 0.3) is 0 Å². The van der Waals surface area contributed by atoms with Crippen molar-refractivity contribution in [3.63, 3.8) is 0 Å². The molecule has 0 amide bonds. The van der Waals surface area contributed by atoms with E-state index >= 15 is 0 Å². The molecule has 0 saturated carbocycles. The van der Waals surface area contributed by atoms with Gasteiger partial charge in [0.05, 0.1) is 30.0 Å². The molecule has 1 heterocycles. The predicted molar refractivity (Wildman–Crippen MR) is 116 cm³/mol. The Morgan fingerprint density at radius 3 is 2.48 bits per heavy atom. The predicted octanol–water partition coefficient (Wildman–Crippen LogP) is 3.32. The average Bonchev–Trinajstić information content (AvgIpc) is 2.66. The first-order valence-electron chi connectivity index (χ1n) is 9.04. The molecule has 3 N–H and O–H groups in total. The van der Waals surface area contributed by atoms with Gasteiger partial charge in [0.2, 0.25) is 0 Å². The van der Waals surface area contributed by atoms with Crippen LogP contribution in [0.4, 0.5) is 5.69 Å². The molecule has 4 nitrogen and oxygen atoms in total. The molecule has 7 heteroatoms. The number of nitrogens with one attached hydrogen (secondary N) is 3. The summed E-state index contributed by atoms with van der Waals surface area (Å²) in [7, 11) is 0. The molecule has 3 rings (SSSR count). The smallest absolute Gasteiger partial charge is 0.171 e. The van der Waals surface area contributed by atoms with E-state index < -0.39 is 0 Å². The average molecular weight is 425 g/mol. The normalized spacial score (nSPS) is 17.1. The van der Waals surface area contributed by atoms with Crippen molar-refractivity contribution in [2.45, 2.75) is 19.0 Å². The van der Waals surface area contributed by atoms with Crippen molar-refractivity contribution in [2.24, 2.45) is 0 Å². The van der Waals surface area contributed by atoms with E-state index in [2.05, 4.69) is 41.8 Å². The topological polar surface area (TPSA) is 37.7 Å². The third-order valence-corrected chi connectivity index (χ3v) is 5.54. The van der Waals surface area contributed by atoms with E-state index in [1.807, 2.05) is 12.1 Å². The van der Waals surface area contributed by atoms with Gasteiger partial charge in [-0.15, -0.1) is 0 Å². The Morgan fingerprint density at radius 2 is 1.81 bits per heavy atom. The van der Waals surface area contributed by atoms with E-state index in [1.165, 1.54) is 10.5 Å². The van der Waals surface area contributed by atoms with Crippen molar-refractivity contribution in [1.29, 1.82) is 0 Å². The summed E-state index contributed by atoms with van der Waals surface area (Å²) in [5.41, 5.74) is 2.03. The molecular formula is C20H24Cl2N3OS+. The fourth-order valence-corrected chi connectivity index (χ4v) is 4.27. The first-order chi connectivity index (χ1) is 13.0. The Labute approximate surface area is 175 Å². The maximum atomic E-state index is 6.24. The lowest BCUT2D eigenvalue weighted by Crippen LogP contribution is -3.15. The second-order valence-corrected chi connectivity index (χ2v) is 7.92. The van der Waals surface area contributed by atoms with Gasteiger partial charge in [0.25, 0.3) is 0 Å². The van der Waals surface area contributed by atoms with E-state index in [1.54, 1.807) is 12.1 Å². The first kappa shape index (κ1) is 20.4. The van der Waals surface area contributed by atoms with Gasteiger partial charge in [-0.25, -0.2) is 0 Å². The number of ether oxygens (including phenoxy) is 1. The summed E-state index contributed by atoms with van der Waals surface area (Å²) in [5, 5.41) is 8.28. The van der Waals surface area contributed by atoms with Crippen LogP contribution in [-0.4, -0.2) is 37.5 Å². The zero-order chi connectivity index (χ0) is 19.2. The summed E-state index contributed by atoms with van der Waals surface area (Å²) < 4.78 is 5.54. The van der Waals surface area contributed by atoms with E-state index in [9.17, 15) is 0 Å². The molecule has 144 valence electrons. The number of halogens is 2. The van der Waals surface area contributed by atoms with Crippen LogP contribution < -0.4 is 15.5 Å². The Balaban J connectivity index is 1.71. The number of morpholine rings is 1. The lowest BCUT2D eigenvalue weighted by Gasteiger charge is -2.35. The zero-order valence-electron chi connectivity index (χ0n) is 15.2. The van der Waals surface area contributed by atoms with Gasteiger partial charge in [-0.1, -0.05) is 53.5 Å². The van der Waals surface area contributed by atoms with Gasteiger partial charge in [0.15, 0.2) is 5.11 Å². The molecule has 1 aliphatic heterocycles. The number of hydrogen-bond donors (Lipinski definition) is 3. The number of thiocarbonyl (C=S) groups is 1. The van der Waals surface area contributed by atoms with Crippen LogP contribution in [-0.2, 0) is 4.74 Å². The highest BCUT2D eigenvalue weighted by molar-refractivity contribution is 7.80. The van der Waals surface area contributed by atoms with Gasteiger partial charge >= 0.3 is 0 Å². The largest absolute Gasteiger partial charge is 0.370 e. The molecular weight excluding hydrogens is 401 g/mol. The minimum Gasteiger partial charge on any atom is -0.370 e. The van der Waals surface area contributed by atoms with E-state index in [0.29, 0.717) is 15.2 Å². The number of anilines is 1. The second-order valence-electron chi connectivity index (χ2n) is 6.67. The third-order valence-electron chi connectivity index (χ3n) is 4.77. The summed E-state index contributed by atoms with van der Waals surface area (Å²) in [6.45, 7) is 5.70. The molecule has 27 heavy (non-hydrogen) atoms. The second kappa shape index (κ2) is 9.71. The van der Waals surface area contributed by atoms with Crippen LogP contribution in [0.2, 0.25) is 10.0 Å². The minimum absolute atomic E-state index is 0.131. The molecule has 0 aromatic heterocycles. The third kappa shape index (κ3) is 5.56. The first-order valence-corrected chi connectivity index (χ1v) is 10.2. The van der Waals surface area contributed by atoms with Gasteiger partial charge in [-0.2, -0.15) is 0 Å². The molecule has 0 bridgehead atoms. The van der Waals surface area contributed by atoms with Crippen molar-refractivity contribution in [1.82, 2.24) is 5.32 Å². The fraction of sp³-hybridized carbons (Fsp3) is 0.350. The summed E-state index contributed by atoms with van der Waals surface area (Å²) in [6, 6.07) is 16.3. The van der Waals surface area contributed by atoms with Crippen molar-refractivity contribution >= 4 is 46.2 Å². The summed E-state index contributed by atoms with van der Waals surface area (Å²) in [4.78, 5) is 1.50. The number of hydrogen-bond acceptors (Lipinski definition) is 2. The van der Waals surface area contributed by atoms with Crippen LogP contribution in [0.5, 0.6) is 0 Å². The molecule has 2 atom stereocenters. The van der Waals surface area contributed by atoms with Crippen LogP contribution >= 0.6 is 35.4 Å². The molecule has 2 aromatic carbocycles. The van der Waals surface area contributed by atoms with Gasteiger partial charge < -0.3 is 20.3 Å². The highest BCUT2D eigenvalue weighted by atomic mass is 35.5. The van der Waals surface area contributed by atoms with Crippen LogP contribution in [0, 0.1) is 0 Å². The summed E-state index contributed by atoms with van der Waals surface area (Å²) in [5.74, 6) is 0. The lowest BCUT2D eigenvalue weighted by atomic mass is 9.98. The maximum Gasteiger partial charge on any atom is 0.171 e. The molecule has 2 aromatic rings. The van der Waals surface area contributed by atoms with E-state index in [-0.39, 0.29) is 12.1 Å². The quantitative estimate of drug-likeness (QED) is 0.643. The molecule has 1 aliphatic rings. The molecule has 1 saturated heterocycles. The molecule has 1 fully saturated rings. The standard InChI is InChI=1S/C20H23Cl2N3OS/c1-14(23-20(27)24-18-8-7-16(21)13-17(18)22)19(15-5-3-2-4-6-15)25-9-11-26-12-10-25/h2-8,13-14,19H,9-12H2,1H3,(H2,23,24,27)/p+1/t14-,19+/m1/s1. The Hall–Kier alpha value is -1.37. The van der Waals surface area contributed by atoms with E-state index in [0.717, 1.165) is 32.0 Å². The van der Waals surface area contributed by atoms with Gasteiger partial charge in [-0.3, -0.25) is 0 Å². The molecule has 0 radical (unpaired) electrons. The highest BCUT2D eigenvalue weighted by Crippen LogP contribution is 2.25. The SMILES string of the molecule is C[C@@H](NC(=S)Nc1ccc(Cl)cc1Cl)[C@@H](c1ccccc1)[NH+]1CCOCC1. The van der Waals surface area contributed by atoms with Crippen molar-refractivity contribution in [2.75, 3.05) is 31.6 Å². The number of quaternary nitrogens is 1. The zero-order valence-corrected chi connectivity index (χ0v) is 17.5. The number of benzene rings is 2. The van der Waals surface area contributed by atoms with Crippen LogP contribution in [0.1, 0.15) is 18.5 Å². The monoisotopic (exact) mass is 424 g/mol. The molecule has 0 spiro atoms. The minimum atomic E-state index is 0.131. The van der Waals surface area contributed by atoms with Crippen LogP contribution in [0.3, 0.4) is 0 Å².